The van der Waals surface area contributed by atoms with E-state index in [1.807, 2.05) is 12.1 Å². The van der Waals surface area contributed by atoms with Crippen LogP contribution in [0.2, 0.25) is 5.15 Å². The van der Waals surface area contributed by atoms with Crippen LogP contribution in [0, 0.1) is 0 Å². The minimum absolute atomic E-state index is 0.0512. The van der Waals surface area contributed by atoms with Crippen LogP contribution < -0.4 is 11.5 Å². The lowest BCUT2D eigenvalue weighted by Gasteiger charge is -2.11. The predicted molar refractivity (Wildman–Crippen MR) is 54.5 cm³/mol. The summed E-state index contributed by atoms with van der Waals surface area (Å²) in [7, 11) is 0. The van der Waals surface area contributed by atoms with Crippen molar-refractivity contribution in [2.75, 3.05) is 6.54 Å². The number of halogens is 1. The van der Waals surface area contributed by atoms with Gasteiger partial charge in [0.25, 0.3) is 0 Å². The van der Waals surface area contributed by atoms with E-state index < -0.39 is 0 Å². The molecule has 0 radical (unpaired) electrons. The van der Waals surface area contributed by atoms with Crippen LogP contribution in [-0.4, -0.2) is 11.5 Å². The predicted octanol–water partition coefficient (Wildman–Crippen LogP) is 1.47. The minimum Gasteiger partial charge on any atom is -0.330 e. The Labute approximate surface area is 83.1 Å². The van der Waals surface area contributed by atoms with Crippen molar-refractivity contribution in [3.63, 3.8) is 0 Å². The Morgan fingerprint density at radius 1 is 1.54 bits per heavy atom. The van der Waals surface area contributed by atoms with E-state index >= 15 is 0 Å². The molecule has 0 aliphatic heterocycles. The molecule has 72 valence electrons. The van der Waals surface area contributed by atoms with E-state index in [-0.39, 0.29) is 6.04 Å². The first-order chi connectivity index (χ1) is 6.25. The van der Waals surface area contributed by atoms with Crippen molar-refractivity contribution in [2.45, 2.75) is 18.9 Å². The second-order valence-corrected chi connectivity index (χ2v) is 3.28. The molecule has 0 amide bonds. The van der Waals surface area contributed by atoms with Crippen molar-refractivity contribution in [1.82, 2.24) is 4.98 Å². The van der Waals surface area contributed by atoms with E-state index in [4.69, 9.17) is 23.1 Å². The lowest BCUT2D eigenvalue weighted by Crippen LogP contribution is -2.13. The van der Waals surface area contributed by atoms with Crippen molar-refractivity contribution in [1.29, 1.82) is 0 Å². The van der Waals surface area contributed by atoms with E-state index in [1.54, 1.807) is 6.20 Å². The molecule has 0 saturated heterocycles. The van der Waals surface area contributed by atoms with Gasteiger partial charge in [0.05, 0.1) is 0 Å². The molecule has 1 atom stereocenters. The zero-order valence-electron chi connectivity index (χ0n) is 7.41. The van der Waals surface area contributed by atoms with Crippen LogP contribution in [0.4, 0.5) is 0 Å². The molecular formula is C9H14ClN3. The van der Waals surface area contributed by atoms with Crippen LogP contribution in [0.15, 0.2) is 18.3 Å². The number of hydrogen-bond donors (Lipinski definition) is 2. The van der Waals surface area contributed by atoms with E-state index in [9.17, 15) is 0 Å². The lowest BCUT2D eigenvalue weighted by molar-refractivity contribution is 0.616. The van der Waals surface area contributed by atoms with Crippen LogP contribution >= 0.6 is 11.6 Å². The number of nitrogens with two attached hydrogens (primary N) is 2. The fraction of sp³-hybridized carbons (Fsp3) is 0.444. The van der Waals surface area contributed by atoms with Crippen LogP contribution in [0.3, 0.4) is 0 Å². The molecule has 0 aliphatic rings. The standard InChI is InChI=1S/C9H14ClN3/c10-9-7(3-2-6-13-9)8(12)4-1-5-11/h2-3,6,8H,1,4-5,11-12H2/t8-/m0/s1. The first-order valence-corrected chi connectivity index (χ1v) is 4.69. The summed E-state index contributed by atoms with van der Waals surface area (Å²) in [6, 6.07) is 3.68. The van der Waals surface area contributed by atoms with Gasteiger partial charge in [-0.25, -0.2) is 4.98 Å². The summed E-state index contributed by atoms with van der Waals surface area (Å²) in [5.41, 5.74) is 12.2. The smallest absolute Gasteiger partial charge is 0.133 e. The summed E-state index contributed by atoms with van der Waals surface area (Å²) in [5, 5.41) is 0.493. The summed E-state index contributed by atoms with van der Waals surface area (Å²) in [6.07, 6.45) is 3.41. The number of hydrogen-bond acceptors (Lipinski definition) is 3. The molecule has 0 fully saturated rings. The molecule has 3 nitrogen and oxygen atoms in total. The zero-order chi connectivity index (χ0) is 9.68. The highest BCUT2D eigenvalue weighted by atomic mass is 35.5. The Bertz CT molecular complexity index is 265. The normalized spacial score (nSPS) is 12.8. The lowest BCUT2D eigenvalue weighted by atomic mass is 10.1. The van der Waals surface area contributed by atoms with Crippen LogP contribution in [-0.2, 0) is 0 Å². The molecule has 4 heteroatoms. The van der Waals surface area contributed by atoms with Crippen molar-refractivity contribution in [3.8, 4) is 0 Å². The average molecular weight is 200 g/mol. The molecule has 0 unspecified atom stereocenters. The number of pyridine rings is 1. The Morgan fingerprint density at radius 2 is 2.31 bits per heavy atom. The first-order valence-electron chi connectivity index (χ1n) is 4.31. The SMILES string of the molecule is NCCC[C@H](N)c1cccnc1Cl. The molecule has 1 aromatic heterocycles. The molecule has 1 rings (SSSR count). The van der Waals surface area contributed by atoms with E-state index in [2.05, 4.69) is 4.98 Å². The van der Waals surface area contributed by atoms with Gasteiger partial charge in [-0.2, -0.15) is 0 Å². The highest BCUT2D eigenvalue weighted by molar-refractivity contribution is 6.30. The molecule has 0 saturated carbocycles. The maximum atomic E-state index is 5.90. The van der Waals surface area contributed by atoms with Gasteiger partial charge in [0, 0.05) is 17.8 Å². The quantitative estimate of drug-likeness (QED) is 0.722. The summed E-state index contributed by atoms with van der Waals surface area (Å²) < 4.78 is 0. The zero-order valence-corrected chi connectivity index (χ0v) is 8.17. The van der Waals surface area contributed by atoms with Crippen LogP contribution in [0.25, 0.3) is 0 Å². The summed E-state index contributed by atoms with van der Waals surface area (Å²) in [6.45, 7) is 0.658. The Morgan fingerprint density at radius 3 is 2.92 bits per heavy atom. The van der Waals surface area contributed by atoms with E-state index in [0.29, 0.717) is 11.7 Å². The minimum atomic E-state index is -0.0512. The highest BCUT2D eigenvalue weighted by Gasteiger charge is 2.09. The molecule has 0 aliphatic carbocycles. The summed E-state index contributed by atoms with van der Waals surface area (Å²) >= 11 is 5.88. The van der Waals surface area contributed by atoms with Gasteiger partial charge in [-0.15, -0.1) is 0 Å². The topological polar surface area (TPSA) is 64.9 Å². The second-order valence-electron chi connectivity index (χ2n) is 2.92. The Hall–Kier alpha value is -0.640. The van der Waals surface area contributed by atoms with Crippen LogP contribution in [0.1, 0.15) is 24.4 Å². The third-order valence-electron chi connectivity index (χ3n) is 1.91. The Balaban J connectivity index is 2.65. The van der Waals surface area contributed by atoms with Gasteiger partial charge in [-0.05, 0) is 25.5 Å². The summed E-state index contributed by atoms with van der Waals surface area (Å²) in [4.78, 5) is 3.96. The van der Waals surface area contributed by atoms with Gasteiger partial charge >= 0.3 is 0 Å². The van der Waals surface area contributed by atoms with Gasteiger partial charge in [-0.3, -0.25) is 0 Å². The second kappa shape index (κ2) is 5.17. The first kappa shape index (κ1) is 10.4. The molecule has 0 spiro atoms. The molecule has 0 bridgehead atoms. The van der Waals surface area contributed by atoms with Crippen molar-refractivity contribution < 1.29 is 0 Å². The maximum Gasteiger partial charge on any atom is 0.133 e. The van der Waals surface area contributed by atoms with Gasteiger partial charge in [-0.1, -0.05) is 17.7 Å². The summed E-state index contributed by atoms with van der Waals surface area (Å²) in [5.74, 6) is 0. The van der Waals surface area contributed by atoms with E-state index in [1.165, 1.54) is 0 Å². The van der Waals surface area contributed by atoms with Gasteiger partial charge in [0.2, 0.25) is 0 Å². The van der Waals surface area contributed by atoms with Gasteiger partial charge in [0.1, 0.15) is 5.15 Å². The molecule has 13 heavy (non-hydrogen) atoms. The van der Waals surface area contributed by atoms with Gasteiger partial charge < -0.3 is 11.5 Å². The number of aromatic nitrogens is 1. The van der Waals surface area contributed by atoms with Crippen LogP contribution in [0.5, 0.6) is 0 Å². The highest BCUT2D eigenvalue weighted by Crippen LogP contribution is 2.21. The van der Waals surface area contributed by atoms with Crippen molar-refractivity contribution in [3.05, 3.63) is 29.0 Å². The third-order valence-corrected chi connectivity index (χ3v) is 2.22. The number of nitrogens with zero attached hydrogens (tertiary/aromatic N) is 1. The fourth-order valence-electron chi connectivity index (χ4n) is 1.17. The maximum absolute atomic E-state index is 5.90. The fourth-order valence-corrected chi connectivity index (χ4v) is 1.43. The molecule has 0 aromatic carbocycles. The number of rotatable bonds is 4. The van der Waals surface area contributed by atoms with Crippen molar-refractivity contribution >= 4 is 11.6 Å². The van der Waals surface area contributed by atoms with E-state index in [0.717, 1.165) is 18.4 Å². The molecule has 1 heterocycles. The molecule has 4 N–H and O–H groups in total. The third kappa shape index (κ3) is 2.95. The molecule has 1 aromatic rings. The van der Waals surface area contributed by atoms with Crippen molar-refractivity contribution in [2.24, 2.45) is 11.5 Å². The average Bonchev–Trinajstić information content (AvgIpc) is 2.15. The monoisotopic (exact) mass is 199 g/mol. The largest absolute Gasteiger partial charge is 0.330 e. The Kier molecular flexibility index (Phi) is 4.15. The molecular weight excluding hydrogens is 186 g/mol. The van der Waals surface area contributed by atoms with Gasteiger partial charge in [0.15, 0.2) is 0 Å².